The van der Waals surface area contributed by atoms with E-state index >= 15 is 0 Å². The molecule has 2 aromatic rings. The van der Waals surface area contributed by atoms with Crippen LogP contribution in [0, 0.1) is 0 Å². The molecular weight excluding hydrogens is 479 g/mol. The van der Waals surface area contributed by atoms with Crippen molar-refractivity contribution in [2.75, 3.05) is 59.9 Å². The molecule has 0 aliphatic heterocycles. The molecule has 6 nitrogen and oxygen atoms in total. The van der Waals surface area contributed by atoms with Crippen LogP contribution < -0.4 is 19.7 Å². The molecule has 160 valence electrons. The zero-order valence-electron chi connectivity index (χ0n) is 18.0. The number of anilines is 1. The summed E-state index contributed by atoms with van der Waals surface area (Å²) in [5.41, 5.74) is 2.41. The van der Waals surface area contributed by atoms with Crippen molar-refractivity contribution in [3.63, 3.8) is 0 Å². The van der Waals surface area contributed by atoms with Crippen LogP contribution in [0.1, 0.15) is 5.56 Å². The summed E-state index contributed by atoms with van der Waals surface area (Å²) in [6.07, 6.45) is 0.890. The van der Waals surface area contributed by atoms with Gasteiger partial charge in [-0.25, -0.2) is 0 Å². The highest BCUT2D eigenvalue weighted by molar-refractivity contribution is 14.0. The number of hydrogen-bond acceptors (Lipinski definition) is 4. The molecule has 29 heavy (non-hydrogen) atoms. The van der Waals surface area contributed by atoms with E-state index in [0.717, 1.165) is 43.5 Å². The van der Waals surface area contributed by atoms with Crippen LogP contribution in [0.15, 0.2) is 53.5 Å². The molecule has 0 aliphatic rings. The first kappa shape index (κ1) is 24.9. The predicted octanol–water partition coefficient (Wildman–Crippen LogP) is 3.51. The summed E-state index contributed by atoms with van der Waals surface area (Å²) in [7, 11) is 9.27. The van der Waals surface area contributed by atoms with Crippen molar-refractivity contribution in [3.05, 3.63) is 54.1 Å². The number of likely N-dealkylation sites (N-methyl/N-ethyl adjacent to an activating group) is 2. The molecule has 0 amide bonds. The predicted molar refractivity (Wildman–Crippen MR) is 132 cm³/mol. The van der Waals surface area contributed by atoms with Gasteiger partial charge < -0.3 is 24.6 Å². The van der Waals surface area contributed by atoms with Crippen molar-refractivity contribution in [2.45, 2.75) is 6.42 Å². The SMILES string of the molecule is CN=C(NCCN(C)c1ccccc1)N(C)CCc1ccc(OC)c(OC)c1.I. The number of halogens is 1. The molecule has 0 atom stereocenters. The van der Waals surface area contributed by atoms with Gasteiger partial charge in [-0.2, -0.15) is 0 Å². The molecule has 0 fully saturated rings. The quantitative estimate of drug-likeness (QED) is 0.317. The minimum Gasteiger partial charge on any atom is -0.493 e. The maximum Gasteiger partial charge on any atom is 0.193 e. The third-order valence-electron chi connectivity index (χ3n) is 4.68. The Bertz CT molecular complexity index is 756. The van der Waals surface area contributed by atoms with Gasteiger partial charge in [-0.05, 0) is 36.2 Å². The molecule has 0 aromatic heterocycles. The summed E-state index contributed by atoms with van der Waals surface area (Å²) in [6, 6.07) is 16.4. The molecular formula is C22H33IN4O2. The number of methoxy groups -OCH3 is 2. The lowest BCUT2D eigenvalue weighted by Gasteiger charge is -2.24. The van der Waals surface area contributed by atoms with E-state index in [4.69, 9.17) is 9.47 Å². The summed E-state index contributed by atoms with van der Waals surface area (Å²) in [6.45, 7) is 2.56. The molecule has 1 N–H and O–H groups in total. The van der Waals surface area contributed by atoms with Crippen molar-refractivity contribution < 1.29 is 9.47 Å². The summed E-state index contributed by atoms with van der Waals surface area (Å²) in [4.78, 5) is 8.76. The lowest BCUT2D eigenvalue weighted by molar-refractivity contribution is 0.354. The normalized spacial score (nSPS) is 10.7. The molecule has 0 aliphatic carbocycles. The molecule has 0 heterocycles. The Hall–Kier alpha value is -2.16. The first-order chi connectivity index (χ1) is 13.6. The van der Waals surface area contributed by atoms with Crippen LogP contribution >= 0.6 is 24.0 Å². The Morgan fingerprint density at radius 1 is 0.966 bits per heavy atom. The van der Waals surface area contributed by atoms with E-state index in [1.807, 2.05) is 25.2 Å². The van der Waals surface area contributed by atoms with Gasteiger partial charge in [0.1, 0.15) is 0 Å². The first-order valence-electron chi connectivity index (χ1n) is 9.48. The van der Waals surface area contributed by atoms with Gasteiger partial charge in [0.2, 0.25) is 0 Å². The zero-order valence-corrected chi connectivity index (χ0v) is 20.3. The average Bonchev–Trinajstić information content (AvgIpc) is 2.75. The number of rotatable bonds is 9. The monoisotopic (exact) mass is 512 g/mol. The van der Waals surface area contributed by atoms with Crippen molar-refractivity contribution in [1.82, 2.24) is 10.2 Å². The minimum absolute atomic E-state index is 0. The number of benzene rings is 2. The number of ether oxygens (including phenoxy) is 2. The highest BCUT2D eigenvalue weighted by Gasteiger charge is 2.09. The first-order valence-corrected chi connectivity index (χ1v) is 9.48. The van der Waals surface area contributed by atoms with Crippen LogP contribution in [0.3, 0.4) is 0 Å². The summed E-state index contributed by atoms with van der Waals surface area (Å²) < 4.78 is 10.7. The van der Waals surface area contributed by atoms with Crippen LogP contribution in [0.25, 0.3) is 0 Å². The van der Waals surface area contributed by atoms with Gasteiger partial charge in [-0.15, -0.1) is 24.0 Å². The van der Waals surface area contributed by atoms with Crippen LogP contribution in [-0.2, 0) is 6.42 Å². The molecule has 2 aromatic carbocycles. The minimum atomic E-state index is 0. The fraction of sp³-hybridized carbons (Fsp3) is 0.409. The smallest absolute Gasteiger partial charge is 0.193 e. The molecule has 0 saturated carbocycles. The third kappa shape index (κ3) is 7.64. The van der Waals surface area contributed by atoms with Gasteiger partial charge in [-0.3, -0.25) is 4.99 Å². The van der Waals surface area contributed by atoms with E-state index < -0.39 is 0 Å². The number of nitrogens with one attached hydrogen (secondary N) is 1. The van der Waals surface area contributed by atoms with Crippen LogP contribution in [0.4, 0.5) is 5.69 Å². The maximum atomic E-state index is 5.38. The Balaban J connectivity index is 0.00000420. The molecule has 7 heteroatoms. The Kier molecular flexibility index (Phi) is 11.3. The van der Waals surface area contributed by atoms with Crippen LogP contribution in [0.2, 0.25) is 0 Å². The van der Waals surface area contributed by atoms with E-state index in [1.165, 1.54) is 11.3 Å². The Morgan fingerprint density at radius 3 is 2.28 bits per heavy atom. The highest BCUT2D eigenvalue weighted by Crippen LogP contribution is 2.27. The number of aliphatic imine (C=N–C) groups is 1. The summed E-state index contributed by atoms with van der Waals surface area (Å²) in [5.74, 6) is 2.40. The summed E-state index contributed by atoms with van der Waals surface area (Å²) in [5, 5.41) is 3.44. The lowest BCUT2D eigenvalue weighted by Crippen LogP contribution is -2.42. The molecule has 0 spiro atoms. The van der Waals surface area contributed by atoms with Crippen LogP contribution in [-0.4, -0.2) is 65.9 Å². The molecule has 0 bridgehead atoms. The van der Waals surface area contributed by atoms with Crippen molar-refractivity contribution in [3.8, 4) is 11.5 Å². The number of hydrogen-bond donors (Lipinski definition) is 1. The summed E-state index contributed by atoms with van der Waals surface area (Å²) >= 11 is 0. The molecule has 2 rings (SSSR count). The standard InChI is InChI=1S/C22H32N4O2.HI/c1-23-22(24-14-16-25(2)19-9-7-6-8-10-19)26(3)15-13-18-11-12-20(27-4)21(17-18)28-5;/h6-12,17H,13-16H2,1-5H3,(H,23,24);1H. The fourth-order valence-corrected chi connectivity index (χ4v) is 2.97. The van der Waals surface area contributed by atoms with E-state index in [-0.39, 0.29) is 24.0 Å². The Morgan fingerprint density at radius 2 is 1.66 bits per heavy atom. The second-order valence-corrected chi connectivity index (χ2v) is 6.59. The molecule has 0 radical (unpaired) electrons. The second kappa shape index (κ2) is 13.1. The second-order valence-electron chi connectivity index (χ2n) is 6.59. The van der Waals surface area contributed by atoms with Crippen molar-refractivity contribution in [1.29, 1.82) is 0 Å². The topological polar surface area (TPSA) is 49.3 Å². The van der Waals surface area contributed by atoms with Gasteiger partial charge in [0.15, 0.2) is 17.5 Å². The van der Waals surface area contributed by atoms with Crippen molar-refractivity contribution >= 4 is 35.6 Å². The van der Waals surface area contributed by atoms with Gasteiger partial charge in [-0.1, -0.05) is 24.3 Å². The van der Waals surface area contributed by atoms with E-state index in [0.29, 0.717) is 0 Å². The van der Waals surface area contributed by atoms with E-state index in [1.54, 1.807) is 14.2 Å². The van der Waals surface area contributed by atoms with Gasteiger partial charge >= 0.3 is 0 Å². The third-order valence-corrected chi connectivity index (χ3v) is 4.68. The van der Waals surface area contributed by atoms with Crippen molar-refractivity contribution in [2.24, 2.45) is 4.99 Å². The zero-order chi connectivity index (χ0) is 20.4. The largest absolute Gasteiger partial charge is 0.493 e. The average molecular weight is 512 g/mol. The fourth-order valence-electron chi connectivity index (χ4n) is 2.97. The maximum absolute atomic E-state index is 5.38. The number of guanidine groups is 1. The van der Waals surface area contributed by atoms with Gasteiger partial charge in [0, 0.05) is 46.5 Å². The lowest BCUT2D eigenvalue weighted by atomic mass is 10.1. The number of nitrogens with zero attached hydrogens (tertiary/aromatic N) is 3. The van der Waals surface area contributed by atoms with Crippen LogP contribution in [0.5, 0.6) is 11.5 Å². The van der Waals surface area contributed by atoms with Gasteiger partial charge in [0.25, 0.3) is 0 Å². The number of para-hydroxylation sites is 1. The Labute approximate surface area is 191 Å². The van der Waals surface area contributed by atoms with E-state index in [2.05, 4.69) is 64.5 Å². The van der Waals surface area contributed by atoms with E-state index in [9.17, 15) is 0 Å². The molecule has 0 saturated heterocycles. The van der Waals surface area contributed by atoms with Gasteiger partial charge in [0.05, 0.1) is 14.2 Å². The highest BCUT2D eigenvalue weighted by atomic mass is 127. The molecule has 0 unspecified atom stereocenters.